The molecule has 3 heterocycles. The van der Waals surface area contributed by atoms with E-state index in [4.69, 9.17) is 9.15 Å². The summed E-state index contributed by atoms with van der Waals surface area (Å²) < 4.78 is 37.1. The molecule has 1 saturated heterocycles. The zero-order chi connectivity index (χ0) is 19.6. The SMILES string of the molecule is O=C(Nc1cccc(-c2cnco2)c1)c1cc(S(=O)(=O)N2CCOCC2)c[nH]1. The Bertz CT molecular complexity index is 1070. The molecule has 9 nitrogen and oxygen atoms in total. The van der Waals surface area contributed by atoms with Crippen molar-refractivity contribution in [1.29, 1.82) is 0 Å². The molecule has 10 heteroatoms. The Morgan fingerprint density at radius 2 is 2.04 bits per heavy atom. The number of sulfonamides is 1. The van der Waals surface area contributed by atoms with Crippen molar-refractivity contribution in [2.24, 2.45) is 0 Å². The van der Waals surface area contributed by atoms with Crippen molar-refractivity contribution in [3.63, 3.8) is 0 Å². The molecule has 2 N–H and O–H groups in total. The fraction of sp³-hybridized carbons (Fsp3) is 0.222. The minimum atomic E-state index is -3.66. The number of benzene rings is 1. The minimum absolute atomic E-state index is 0.0509. The minimum Gasteiger partial charge on any atom is -0.444 e. The van der Waals surface area contributed by atoms with E-state index in [1.54, 1.807) is 24.4 Å². The van der Waals surface area contributed by atoms with Crippen LogP contribution in [0.3, 0.4) is 0 Å². The number of oxazole rings is 1. The van der Waals surface area contributed by atoms with Gasteiger partial charge in [0.15, 0.2) is 12.2 Å². The third-order valence-electron chi connectivity index (χ3n) is 4.35. The second-order valence-electron chi connectivity index (χ2n) is 6.17. The molecule has 0 bridgehead atoms. The van der Waals surface area contributed by atoms with Gasteiger partial charge in [0.1, 0.15) is 10.6 Å². The number of carbonyl (C=O) groups is 1. The van der Waals surface area contributed by atoms with Gasteiger partial charge in [-0.15, -0.1) is 0 Å². The molecular weight excluding hydrogens is 384 g/mol. The maximum atomic E-state index is 12.7. The van der Waals surface area contributed by atoms with E-state index >= 15 is 0 Å². The van der Waals surface area contributed by atoms with Crippen molar-refractivity contribution in [2.45, 2.75) is 4.90 Å². The summed E-state index contributed by atoms with van der Waals surface area (Å²) in [5, 5.41) is 2.74. The van der Waals surface area contributed by atoms with Gasteiger partial charge in [-0.25, -0.2) is 13.4 Å². The molecule has 1 aliphatic heterocycles. The van der Waals surface area contributed by atoms with Gasteiger partial charge in [0, 0.05) is 30.5 Å². The Kier molecular flexibility index (Phi) is 4.99. The number of nitrogens with zero attached hydrogens (tertiary/aromatic N) is 2. The second kappa shape index (κ2) is 7.58. The van der Waals surface area contributed by atoms with E-state index in [0.717, 1.165) is 5.56 Å². The first-order valence-corrected chi connectivity index (χ1v) is 10.0. The molecule has 1 aromatic carbocycles. The highest BCUT2D eigenvalue weighted by Crippen LogP contribution is 2.23. The summed E-state index contributed by atoms with van der Waals surface area (Å²) in [5.74, 6) is 0.132. The number of hydrogen-bond acceptors (Lipinski definition) is 6. The van der Waals surface area contributed by atoms with Gasteiger partial charge in [0.25, 0.3) is 5.91 Å². The molecule has 0 aliphatic carbocycles. The predicted molar refractivity (Wildman–Crippen MR) is 100 cm³/mol. The van der Waals surface area contributed by atoms with Gasteiger partial charge < -0.3 is 19.5 Å². The van der Waals surface area contributed by atoms with Gasteiger partial charge in [-0.05, 0) is 18.2 Å². The van der Waals surface area contributed by atoms with Crippen LogP contribution in [0.25, 0.3) is 11.3 Å². The highest BCUT2D eigenvalue weighted by molar-refractivity contribution is 7.89. The number of hydrogen-bond donors (Lipinski definition) is 2. The van der Waals surface area contributed by atoms with Gasteiger partial charge in [-0.1, -0.05) is 12.1 Å². The Hall–Kier alpha value is -2.95. The van der Waals surface area contributed by atoms with Crippen molar-refractivity contribution in [2.75, 3.05) is 31.6 Å². The lowest BCUT2D eigenvalue weighted by Crippen LogP contribution is -2.40. The van der Waals surface area contributed by atoms with E-state index in [1.807, 2.05) is 6.07 Å². The summed E-state index contributed by atoms with van der Waals surface area (Å²) in [7, 11) is -3.66. The third-order valence-corrected chi connectivity index (χ3v) is 6.22. The summed E-state index contributed by atoms with van der Waals surface area (Å²) in [6, 6.07) is 8.41. The number of nitrogens with one attached hydrogen (secondary N) is 2. The van der Waals surface area contributed by atoms with Crippen LogP contribution in [-0.4, -0.2) is 54.9 Å². The molecular formula is C18H18N4O5S. The van der Waals surface area contributed by atoms with Gasteiger partial charge in [-0.2, -0.15) is 4.31 Å². The smallest absolute Gasteiger partial charge is 0.272 e. The molecule has 28 heavy (non-hydrogen) atoms. The highest BCUT2D eigenvalue weighted by Gasteiger charge is 2.28. The molecule has 0 radical (unpaired) electrons. The number of aromatic amines is 1. The van der Waals surface area contributed by atoms with Crippen LogP contribution in [0.2, 0.25) is 0 Å². The topological polar surface area (TPSA) is 118 Å². The number of rotatable bonds is 5. The molecule has 4 rings (SSSR count). The van der Waals surface area contributed by atoms with Crippen molar-refractivity contribution in [1.82, 2.24) is 14.3 Å². The van der Waals surface area contributed by atoms with Crippen LogP contribution in [0.1, 0.15) is 10.5 Å². The summed E-state index contributed by atoms with van der Waals surface area (Å²) in [6.07, 6.45) is 4.23. The van der Waals surface area contributed by atoms with Crippen LogP contribution in [0.15, 0.2) is 58.4 Å². The van der Waals surface area contributed by atoms with E-state index < -0.39 is 15.9 Å². The number of ether oxygens (including phenoxy) is 1. The number of anilines is 1. The molecule has 146 valence electrons. The Labute approximate surface area is 161 Å². The van der Waals surface area contributed by atoms with Gasteiger partial charge in [-0.3, -0.25) is 4.79 Å². The number of carbonyl (C=O) groups excluding carboxylic acids is 1. The van der Waals surface area contributed by atoms with Crippen molar-refractivity contribution >= 4 is 21.6 Å². The summed E-state index contributed by atoms with van der Waals surface area (Å²) in [4.78, 5) is 19.2. The largest absolute Gasteiger partial charge is 0.444 e. The average Bonchev–Trinajstić information content (AvgIpc) is 3.41. The molecule has 1 aliphatic rings. The molecule has 1 amide bonds. The van der Waals surface area contributed by atoms with Gasteiger partial charge in [0.2, 0.25) is 10.0 Å². The van der Waals surface area contributed by atoms with Crippen molar-refractivity contribution < 1.29 is 22.4 Å². The van der Waals surface area contributed by atoms with Crippen molar-refractivity contribution in [3.05, 3.63) is 54.8 Å². The summed E-state index contributed by atoms with van der Waals surface area (Å²) >= 11 is 0. The molecule has 0 atom stereocenters. The first-order valence-electron chi connectivity index (χ1n) is 8.60. The molecule has 3 aromatic rings. The standard InChI is InChI=1S/C18H18N4O5S/c23-18(21-14-3-1-2-13(8-14)17-11-19-12-27-17)16-9-15(10-20-16)28(24,25)22-4-6-26-7-5-22/h1-3,8-12,20H,4-7H2,(H,21,23). The Morgan fingerprint density at radius 3 is 2.79 bits per heavy atom. The first-order chi connectivity index (χ1) is 13.5. The van der Waals surface area contributed by atoms with Gasteiger partial charge in [0.05, 0.1) is 19.4 Å². The number of H-pyrrole nitrogens is 1. The molecule has 0 saturated carbocycles. The average molecular weight is 402 g/mol. The highest BCUT2D eigenvalue weighted by atomic mass is 32.2. The lowest BCUT2D eigenvalue weighted by molar-refractivity contribution is 0.0730. The zero-order valence-electron chi connectivity index (χ0n) is 14.8. The third kappa shape index (κ3) is 3.70. The Balaban J connectivity index is 1.50. The monoisotopic (exact) mass is 402 g/mol. The van der Waals surface area contributed by atoms with E-state index in [1.165, 1.54) is 23.0 Å². The quantitative estimate of drug-likeness (QED) is 0.673. The van der Waals surface area contributed by atoms with Crippen LogP contribution in [0.5, 0.6) is 0 Å². The first kappa shape index (κ1) is 18.4. The molecule has 0 unspecified atom stereocenters. The molecule has 1 fully saturated rings. The van der Waals surface area contributed by atoms with E-state index in [-0.39, 0.29) is 10.6 Å². The fourth-order valence-corrected chi connectivity index (χ4v) is 4.30. The van der Waals surface area contributed by atoms with Gasteiger partial charge >= 0.3 is 0 Å². The van der Waals surface area contributed by atoms with E-state index in [2.05, 4.69) is 15.3 Å². The van der Waals surface area contributed by atoms with Crippen LogP contribution in [-0.2, 0) is 14.8 Å². The van der Waals surface area contributed by atoms with Crippen molar-refractivity contribution in [3.8, 4) is 11.3 Å². The predicted octanol–water partition coefficient (Wildman–Crippen LogP) is 1.94. The maximum Gasteiger partial charge on any atom is 0.272 e. The summed E-state index contributed by atoms with van der Waals surface area (Å²) in [6.45, 7) is 1.31. The van der Waals surface area contributed by atoms with Crippen LogP contribution in [0.4, 0.5) is 5.69 Å². The van der Waals surface area contributed by atoms with Crippen LogP contribution in [0, 0.1) is 0 Å². The van der Waals surface area contributed by atoms with Crippen LogP contribution < -0.4 is 5.32 Å². The number of amides is 1. The van der Waals surface area contributed by atoms with E-state index in [9.17, 15) is 13.2 Å². The summed E-state index contributed by atoms with van der Waals surface area (Å²) in [5.41, 5.74) is 1.46. The lowest BCUT2D eigenvalue weighted by atomic mass is 10.1. The lowest BCUT2D eigenvalue weighted by Gasteiger charge is -2.25. The zero-order valence-corrected chi connectivity index (χ0v) is 15.6. The molecule has 2 aromatic heterocycles. The molecule has 0 spiro atoms. The Morgan fingerprint density at radius 1 is 1.21 bits per heavy atom. The number of aromatic nitrogens is 2. The fourth-order valence-electron chi connectivity index (χ4n) is 2.90. The maximum absolute atomic E-state index is 12.7. The van der Waals surface area contributed by atoms with E-state index in [0.29, 0.717) is 37.8 Å². The normalized spacial score (nSPS) is 15.4. The van der Waals surface area contributed by atoms with Crippen LogP contribution >= 0.6 is 0 Å². The second-order valence-corrected chi connectivity index (χ2v) is 8.10. The number of morpholine rings is 1.